The highest BCUT2D eigenvalue weighted by atomic mass is 16.5. The number of hydrogen-bond acceptors (Lipinski definition) is 3. The minimum atomic E-state index is -1.07. The van der Waals surface area contributed by atoms with Crippen LogP contribution in [-0.2, 0) is 9.53 Å². The first-order valence-electron chi connectivity index (χ1n) is 4.61. The Labute approximate surface area is 89.0 Å². The number of carboxylic acids is 1. The minimum absolute atomic E-state index is 0.307. The molecule has 6 nitrogen and oxygen atoms in total. The maximum absolute atomic E-state index is 11.2. The molecule has 0 radical (unpaired) electrons. The number of ether oxygens (including phenoxy) is 1. The molecule has 0 aromatic rings. The summed E-state index contributed by atoms with van der Waals surface area (Å²) in [7, 11) is 1.54. The smallest absolute Gasteiger partial charge is 0.325 e. The normalized spacial score (nSPS) is 13.1. The largest absolute Gasteiger partial charge is 0.480 e. The molecule has 0 aliphatic heterocycles. The van der Waals surface area contributed by atoms with Gasteiger partial charge in [0.05, 0.1) is 5.60 Å². The van der Waals surface area contributed by atoms with E-state index in [1.54, 1.807) is 7.11 Å². The number of carboxylic acid groups (broad SMARTS) is 1. The Morgan fingerprint density at radius 2 is 2.00 bits per heavy atom. The molecule has 88 valence electrons. The van der Waals surface area contributed by atoms with Crippen LogP contribution in [0.4, 0.5) is 4.79 Å². The fourth-order valence-corrected chi connectivity index (χ4v) is 0.675. The van der Waals surface area contributed by atoms with E-state index in [9.17, 15) is 9.59 Å². The highest BCUT2D eigenvalue weighted by Crippen LogP contribution is 2.04. The van der Waals surface area contributed by atoms with Crippen molar-refractivity contribution >= 4 is 12.0 Å². The molecular weight excluding hydrogens is 200 g/mol. The van der Waals surface area contributed by atoms with Gasteiger partial charge < -0.3 is 20.5 Å². The van der Waals surface area contributed by atoms with Crippen LogP contribution in [0.5, 0.6) is 0 Å². The van der Waals surface area contributed by atoms with Gasteiger partial charge >= 0.3 is 12.0 Å². The van der Waals surface area contributed by atoms with Gasteiger partial charge in [-0.05, 0) is 20.8 Å². The van der Waals surface area contributed by atoms with E-state index in [0.29, 0.717) is 6.54 Å². The summed E-state index contributed by atoms with van der Waals surface area (Å²) < 4.78 is 5.08. The molecular formula is C9H18N2O4. The molecule has 0 fully saturated rings. The third-order valence-electron chi connectivity index (χ3n) is 1.95. The molecule has 0 saturated carbocycles. The zero-order valence-corrected chi connectivity index (χ0v) is 9.46. The molecule has 0 rings (SSSR count). The number of carbonyl (C=O) groups excluding carboxylic acids is 1. The van der Waals surface area contributed by atoms with Crippen LogP contribution in [0.15, 0.2) is 0 Å². The van der Waals surface area contributed by atoms with Crippen molar-refractivity contribution in [1.29, 1.82) is 0 Å². The lowest BCUT2D eigenvalue weighted by atomic mass is 10.1. The topological polar surface area (TPSA) is 87.7 Å². The van der Waals surface area contributed by atoms with Gasteiger partial charge in [0.15, 0.2) is 0 Å². The number of methoxy groups -OCH3 is 1. The molecule has 1 atom stereocenters. The second-order valence-corrected chi connectivity index (χ2v) is 3.85. The van der Waals surface area contributed by atoms with Crippen LogP contribution in [-0.4, -0.2) is 42.4 Å². The third kappa shape index (κ3) is 5.90. The Morgan fingerprint density at radius 1 is 1.47 bits per heavy atom. The maximum Gasteiger partial charge on any atom is 0.325 e. The first-order valence-corrected chi connectivity index (χ1v) is 4.61. The summed E-state index contributed by atoms with van der Waals surface area (Å²) in [5, 5.41) is 13.3. The molecule has 15 heavy (non-hydrogen) atoms. The van der Waals surface area contributed by atoms with Crippen molar-refractivity contribution in [3.05, 3.63) is 0 Å². The number of carbonyl (C=O) groups is 2. The van der Waals surface area contributed by atoms with Crippen LogP contribution in [0, 0.1) is 0 Å². The minimum Gasteiger partial charge on any atom is -0.480 e. The summed E-state index contributed by atoms with van der Waals surface area (Å²) in [5.74, 6) is -1.07. The molecule has 0 unspecified atom stereocenters. The number of aliphatic carboxylic acids is 1. The van der Waals surface area contributed by atoms with Crippen LogP contribution in [0.3, 0.4) is 0 Å². The van der Waals surface area contributed by atoms with E-state index in [1.807, 2.05) is 13.8 Å². The van der Waals surface area contributed by atoms with Gasteiger partial charge in [-0.25, -0.2) is 4.79 Å². The van der Waals surface area contributed by atoms with E-state index < -0.39 is 23.6 Å². The molecule has 6 heteroatoms. The third-order valence-corrected chi connectivity index (χ3v) is 1.95. The van der Waals surface area contributed by atoms with Gasteiger partial charge in [-0.15, -0.1) is 0 Å². The van der Waals surface area contributed by atoms with Crippen LogP contribution >= 0.6 is 0 Å². The summed E-state index contributed by atoms with van der Waals surface area (Å²) in [6.45, 7) is 5.33. The summed E-state index contributed by atoms with van der Waals surface area (Å²) in [4.78, 5) is 21.6. The highest BCUT2D eigenvalue weighted by Gasteiger charge is 2.19. The first kappa shape index (κ1) is 13.7. The van der Waals surface area contributed by atoms with E-state index in [4.69, 9.17) is 9.84 Å². The van der Waals surface area contributed by atoms with E-state index in [-0.39, 0.29) is 0 Å². The molecule has 3 N–H and O–H groups in total. The van der Waals surface area contributed by atoms with E-state index >= 15 is 0 Å². The first-order chi connectivity index (χ1) is 6.78. The fourth-order valence-electron chi connectivity index (χ4n) is 0.675. The van der Waals surface area contributed by atoms with Gasteiger partial charge in [0.25, 0.3) is 0 Å². The number of nitrogens with one attached hydrogen (secondary N) is 2. The Bertz CT molecular complexity index is 240. The van der Waals surface area contributed by atoms with Crippen molar-refractivity contribution in [3.63, 3.8) is 0 Å². The standard InChI is InChI=1S/C9H18N2O4/c1-6(7(12)13)11-8(14)10-5-9(2,3)15-4/h6H,5H2,1-4H3,(H,12,13)(H2,10,11,14)/t6-/m0/s1. The molecule has 0 aliphatic carbocycles. The van der Waals surface area contributed by atoms with Crippen molar-refractivity contribution in [2.75, 3.05) is 13.7 Å². The van der Waals surface area contributed by atoms with Crippen molar-refractivity contribution in [1.82, 2.24) is 10.6 Å². The quantitative estimate of drug-likeness (QED) is 0.614. The number of rotatable bonds is 5. The van der Waals surface area contributed by atoms with Crippen LogP contribution in [0.2, 0.25) is 0 Å². The molecule has 0 aromatic carbocycles. The Kier molecular flexibility index (Phi) is 5.07. The monoisotopic (exact) mass is 218 g/mol. The summed E-state index contributed by atoms with van der Waals surface area (Å²) in [6.07, 6.45) is 0. The van der Waals surface area contributed by atoms with E-state index in [1.165, 1.54) is 6.92 Å². The molecule has 0 spiro atoms. The zero-order valence-electron chi connectivity index (χ0n) is 9.46. The second kappa shape index (κ2) is 5.55. The predicted molar refractivity (Wildman–Crippen MR) is 54.7 cm³/mol. The number of urea groups is 1. The van der Waals surface area contributed by atoms with Gasteiger partial charge in [0, 0.05) is 13.7 Å². The average Bonchev–Trinajstić information content (AvgIpc) is 2.15. The van der Waals surface area contributed by atoms with Crippen LogP contribution < -0.4 is 10.6 Å². The maximum atomic E-state index is 11.2. The van der Waals surface area contributed by atoms with E-state index in [0.717, 1.165) is 0 Å². The lowest BCUT2D eigenvalue weighted by Crippen LogP contribution is -2.48. The summed E-state index contributed by atoms with van der Waals surface area (Å²) in [6, 6.07) is -1.43. The second-order valence-electron chi connectivity index (χ2n) is 3.85. The lowest BCUT2D eigenvalue weighted by molar-refractivity contribution is -0.138. The lowest BCUT2D eigenvalue weighted by Gasteiger charge is -2.23. The van der Waals surface area contributed by atoms with Gasteiger partial charge in [0.2, 0.25) is 0 Å². The Morgan fingerprint density at radius 3 is 2.40 bits per heavy atom. The van der Waals surface area contributed by atoms with Crippen molar-refractivity contribution < 1.29 is 19.4 Å². The van der Waals surface area contributed by atoms with Crippen molar-refractivity contribution in [3.8, 4) is 0 Å². The SMILES string of the molecule is COC(C)(C)CNC(=O)N[C@@H](C)C(=O)O. The van der Waals surface area contributed by atoms with Gasteiger partial charge in [0.1, 0.15) is 6.04 Å². The van der Waals surface area contributed by atoms with Gasteiger partial charge in [-0.1, -0.05) is 0 Å². The van der Waals surface area contributed by atoms with Crippen LogP contribution in [0.1, 0.15) is 20.8 Å². The Hall–Kier alpha value is -1.30. The molecule has 0 bridgehead atoms. The molecule has 0 heterocycles. The number of amides is 2. The molecule has 0 aliphatic rings. The molecule has 0 aromatic heterocycles. The summed E-state index contributed by atoms with van der Waals surface area (Å²) >= 11 is 0. The highest BCUT2D eigenvalue weighted by molar-refractivity contribution is 5.82. The van der Waals surface area contributed by atoms with Gasteiger partial charge in [-0.2, -0.15) is 0 Å². The molecule has 2 amide bonds. The van der Waals surface area contributed by atoms with Crippen molar-refractivity contribution in [2.24, 2.45) is 0 Å². The number of hydrogen-bond donors (Lipinski definition) is 3. The van der Waals surface area contributed by atoms with E-state index in [2.05, 4.69) is 10.6 Å². The fraction of sp³-hybridized carbons (Fsp3) is 0.778. The molecule has 0 saturated heterocycles. The zero-order chi connectivity index (χ0) is 12.1. The van der Waals surface area contributed by atoms with Gasteiger partial charge in [-0.3, -0.25) is 4.79 Å². The predicted octanol–water partition coefficient (Wildman–Crippen LogP) is 0.184. The van der Waals surface area contributed by atoms with Crippen LogP contribution in [0.25, 0.3) is 0 Å². The van der Waals surface area contributed by atoms with Crippen molar-refractivity contribution in [2.45, 2.75) is 32.4 Å². The Balaban J connectivity index is 3.91. The average molecular weight is 218 g/mol. The summed E-state index contributed by atoms with van der Waals surface area (Å²) in [5.41, 5.74) is -0.468.